The van der Waals surface area contributed by atoms with E-state index in [0.29, 0.717) is 12.3 Å². The maximum absolute atomic E-state index is 11.8. The van der Waals surface area contributed by atoms with Gasteiger partial charge in [-0.05, 0) is 26.2 Å². The van der Waals surface area contributed by atoms with Crippen molar-refractivity contribution in [3.63, 3.8) is 0 Å². The quantitative estimate of drug-likeness (QED) is 0.469. The van der Waals surface area contributed by atoms with E-state index in [2.05, 4.69) is 13.8 Å². The first-order valence-electron chi connectivity index (χ1n) is 8.02. The normalized spacial score (nSPS) is 14.1. The third-order valence-corrected chi connectivity index (χ3v) is 3.94. The fraction of sp³-hybridized carbons (Fsp3) is 0.882. The van der Waals surface area contributed by atoms with Crippen molar-refractivity contribution in [3.8, 4) is 0 Å². The standard InChI is InChI=1S/C17H32O2/c1-5-7-8-9-10-12-16(11-6-2)17(15(4)19)13-14(3)18/h16-17H,5-13H2,1-4H3. The summed E-state index contributed by atoms with van der Waals surface area (Å²) >= 11 is 0. The van der Waals surface area contributed by atoms with Crippen LogP contribution in [0.4, 0.5) is 0 Å². The molecule has 2 heteroatoms. The van der Waals surface area contributed by atoms with Crippen molar-refractivity contribution in [1.29, 1.82) is 0 Å². The van der Waals surface area contributed by atoms with E-state index in [-0.39, 0.29) is 17.5 Å². The minimum Gasteiger partial charge on any atom is -0.300 e. The topological polar surface area (TPSA) is 34.1 Å². The first-order valence-corrected chi connectivity index (χ1v) is 8.02. The van der Waals surface area contributed by atoms with Crippen LogP contribution in [0.3, 0.4) is 0 Å². The number of carbonyl (C=O) groups is 2. The average Bonchev–Trinajstić information content (AvgIpc) is 2.34. The van der Waals surface area contributed by atoms with E-state index in [0.717, 1.165) is 19.3 Å². The van der Waals surface area contributed by atoms with Gasteiger partial charge in [-0.25, -0.2) is 0 Å². The first-order chi connectivity index (χ1) is 9.02. The average molecular weight is 268 g/mol. The summed E-state index contributed by atoms with van der Waals surface area (Å²) in [4.78, 5) is 23.1. The van der Waals surface area contributed by atoms with E-state index in [4.69, 9.17) is 0 Å². The smallest absolute Gasteiger partial charge is 0.133 e. The Bertz CT molecular complexity index is 258. The van der Waals surface area contributed by atoms with Gasteiger partial charge in [-0.1, -0.05) is 58.8 Å². The third kappa shape index (κ3) is 8.96. The van der Waals surface area contributed by atoms with Crippen LogP contribution < -0.4 is 0 Å². The zero-order valence-corrected chi connectivity index (χ0v) is 13.3. The molecule has 2 atom stereocenters. The lowest BCUT2D eigenvalue weighted by Gasteiger charge is -2.24. The summed E-state index contributed by atoms with van der Waals surface area (Å²) in [6, 6.07) is 0. The Morgan fingerprint density at radius 2 is 1.47 bits per heavy atom. The molecule has 19 heavy (non-hydrogen) atoms. The summed E-state index contributed by atoms with van der Waals surface area (Å²) in [5.41, 5.74) is 0. The molecule has 0 fully saturated rings. The van der Waals surface area contributed by atoms with Crippen LogP contribution in [-0.2, 0) is 9.59 Å². The van der Waals surface area contributed by atoms with Gasteiger partial charge in [-0.2, -0.15) is 0 Å². The van der Waals surface area contributed by atoms with Crippen molar-refractivity contribution >= 4 is 11.6 Å². The first kappa shape index (κ1) is 18.3. The second-order valence-electron chi connectivity index (χ2n) is 5.87. The van der Waals surface area contributed by atoms with Crippen LogP contribution in [-0.4, -0.2) is 11.6 Å². The summed E-state index contributed by atoms with van der Waals surface area (Å²) < 4.78 is 0. The molecule has 0 bridgehead atoms. The number of ketones is 2. The van der Waals surface area contributed by atoms with Crippen molar-refractivity contribution in [3.05, 3.63) is 0 Å². The molecule has 0 aliphatic rings. The second-order valence-corrected chi connectivity index (χ2v) is 5.87. The highest BCUT2D eigenvalue weighted by molar-refractivity contribution is 5.85. The van der Waals surface area contributed by atoms with E-state index in [9.17, 15) is 9.59 Å². The fourth-order valence-corrected chi connectivity index (χ4v) is 2.88. The van der Waals surface area contributed by atoms with Gasteiger partial charge in [-0.15, -0.1) is 0 Å². The molecule has 0 aromatic rings. The van der Waals surface area contributed by atoms with Gasteiger partial charge in [-0.3, -0.25) is 4.79 Å². The van der Waals surface area contributed by atoms with Gasteiger partial charge >= 0.3 is 0 Å². The Morgan fingerprint density at radius 1 is 0.842 bits per heavy atom. The maximum Gasteiger partial charge on any atom is 0.133 e. The van der Waals surface area contributed by atoms with Gasteiger partial charge in [0.1, 0.15) is 11.6 Å². The molecule has 0 saturated carbocycles. The number of hydrogen-bond donors (Lipinski definition) is 0. The highest BCUT2D eigenvalue weighted by Gasteiger charge is 2.25. The Kier molecular flexibility index (Phi) is 10.8. The zero-order valence-electron chi connectivity index (χ0n) is 13.3. The van der Waals surface area contributed by atoms with Crippen molar-refractivity contribution in [2.45, 2.75) is 85.5 Å². The Balaban J connectivity index is 4.31. The van der Waals surface area contributed by atoms with Crippen molar-refractivity contribution < 1.29 is 9.59 Å². The summed E-state index contributed by atoms with van der Waals surface area (Å²) in [5.74, 6) is 0.714. The zero-order chi connectivity index (χ0) is 14.7. The lowest BCUT2D eigenvalue weighted by molar-refractivity contribution is -0.127. The largest absolute Gasteiger partial charge is 0.300 e. The fourth-order valence-electron chi connectivity index (χ4n) is 2.88. The van der Waals surface area contributed by atoms with Crippen LogP contribution in [0.2, 0.25) is 0 Å². The van der Waals surface area contributed by atoms with Gasteiger partial charge < -0.3 is 4.79 Å². The molecular formula is C17H32O2. The molecule has 2 unspecified atom stereocenters. The number of carbonyl (C=O) groups excluding carboxylic acids is 2. The van der Waals surface area contributed by atoms with Crippen LogP contribution in [0.1, 0.15) is 85.5 Å². The predicted octanol–water partition coefficient (Wildman–Crippen LogP) is 4.95. The van der Waals surface area contributed by atoms with Gasteiger partial charge in [0, 0.05) is 12.3 Å². The van der Waals surface area contributed by atoms with Gasteiger partial charge in [0.25, 0.3) is 0 Å². The molecule has 0 aromatic carbocycles. The number of rotatable bonds is 12. The van der Waals surface area contributed by atoms with E-state index in [1.165, 1.54) is 32.1 Å². The summed E-state index contributed by atoms with van der Waals surface area (Å²) in [5, 5.41) is 0. The molecular weight excluding hydrogens is 236 g/mol. The van der Waals surface area contributed by atoms with Crippen molar-refractivity contribution in [2.75, 3.05) is 0 Å². The van der Waals surface area contributed by atoms with Gasteiger partial charge in [0.05, 0.1) is 0 Å². The van der Waals surface area contributed by atoms with Gasteiger partial charge in [0.15, 0.2) is 0 Å². The Morgan fingerprint density at radius 3 is 1.95 bits per heavy atom. The highest BCUT2D eigenvalue weighted by atomic mass is 16.1. The second kappa shape index (κ2) is 11.2. The molecule has 0 amide bonds. The van der Waals surface area contributed by atoms with Crippen molar-refractivity contribution in [1.82, 2.24) is 0 Å². The lowest BCUT2D eigenvalue weighted by atomic mass is 9.79. The summed E-state index contributed by atoms with van der Waals surface area (Å²) in [7, 11) is 0. The summed E-state index contributed by atoms with van der Waals surface area (Å²) in [6.45, 7) is 7.63. The molecule has 0 rings (SSSR count). The lowest BCUT2D eigenvalue weighted by Crippen LogP contribution is -2.24. The molecule has 0 radical (unpaired) electrons. The number of unbranched alkanes of at least 4 members (excludes halogenated alkanes) is 4. The van der Waals surface area contributed by atoms with E-state index >= 15 is 0 Å². The minimum atomic E-state index is -0.0383. The third-order valence-electron chi connectivity index (χ3n) is 3.94. The Labute approximate surface area is 119 Å². The van der Waals surface area contributed by atoms with E-state index < -0.39 is 0 Å². The molecule has 0 aliphatic carbocycles. The van der Waals surface area contributed by atoms with Crippen LogP contribution in [0, 0.1) is 11.8 Å². The molecule has 2 nitrogen and oxygen atoms in total. The van der Waals surface area contributed by atoms with Gasteiger partial charge in [0.2, 0.25) is 0 Å². The number of hydrogen-bond acceptors (Lipinski definition) is 2. The molecule has 112 valence electrons. The minimum absolute atomic E-state index is 0.0383. The molecule has 0 aliphatic heterocycles. The molecule has 0 N–H and O–H groups in total. The van der Waals surface area contributed by atoms with E-state index in [1.54, 1.807) is 13.8 Å². The predicted molar refractivity (Wildman–Crippen MR) is 81.2 cm³/mol. The van der Waals surface area contributed by atoms with Crippen LogP contribution in [0.5, 0.6) is 0 Å². The molecule has 0 saturated heterocycles. The highest BCUT2D eigenvalue weighted by Crippen LogP contribution is 2.28. The number of Topliss-reactive ketones (excluding diaryl/α,β-unsaturated/α-hetero) is 2. The van der Waals surface area contributed by atoms with Crippen LogP contribution >= 0.6 is 0 Å². The molecule has 0 heterocycles. The molecule has 0 spiro atoms. The van der Waals surface area contributed by atoms with Crippen LogP contribution in [0.25, 0.3) is 0 Å². The molecule has 0 aromatic heterocycles. The Hall–Kier alpha value is -0.660. The van der Waals surface area contributed by atoms with E-state index in [1.807, 2.05) is 0 Å². The monoisotopic (exact) mass is 268 g/mol. The van der Waals surface area contributed by atoms with Crippen LogP contribution in [0.15, 0.2) is 0 Å². The van der Waals surface area contributed by atoms with Crippen molar-refractivity contribution in [2.24, 2.45) is 11.8 Å². The SMILES string of the molecule is CCCCCCCC(CCC)C(CC(C)=O)C(C)=O. The summed E-state index contributed by atoms with van der Waals surface area (Å²) in [6.07, 6.45) is 10.1. The maximum atomic E-state index is 11.8.